The average molecular weight is 300 g/mol. The molecule has 2 heterocycles. The lowest BCUT2D eigenvalue weighted by Crippen LogP contribution is -2.55. The predicted molar refractivity (Wildman–Crippen MR) is 79.6 cm³/mol. The van der Waals surface area contributed by atoms with Gasteiger partial charge in [0, 0.05) is 12.3 Å². The zero-order valence-corrected chi connectivity index (χ0v) is 13.0. The number of hydrogen-bond acceptors (Lipinski definition) is 4. The molecule has 114 valence electrons. The van der Waals surface area contributed by atoms with Gasteiger partial charge in [-0.25, -0.2) is 4.79 Å². The highest BCUT2D eigenvalue weighted by atomic mass is 32.2. The van der Waals surface area contributed by atoms with E-state index in [4.69, 9.17) is 0 Å². The maximum absolute atomic E-state index is 12.9. The lowest BCUT2D eigenvalue weighted by molar-refractivity contribution is -0.154. The van der Waals surface area contributed by atoms with Crippen LogP contribution in [0.4, 0.5) is 0 Å². The Bertz CT molecular complexity index is 383. The molecule has 0 aromatic heterocycles. The predicted octanol–water partition coefficient (Wildman–Crippen LogP) is 1.53. The Balaban J connectivity index is 2.19. The van der Waals surface area contributed by atoms with E-state index >= 15 is 0 Å². The normalized spacial score (nSPS) is 34.2. The standard InChI is InChI=1S/C14H24N2O3S/c1-3-5-11-16(10(8-20-11)12(17)18)13(19)14(2)6-4-7-15-9-14/h10-11,15H,3-9H2,1-2H3,(H,17,18). The van der Waals surface area contributed by atoms with E-state index in [0.717, 1.165) is 32.2 Å². The number of carboxylic acids is 1. The summed E-state index contributed by atoms with van der Waals surface area (Å²) in [6.45, 7) is 5.63. The van der Waals surface area contributed by atoms with Gasteiger partial charge in [0.15, 0.2) is 0 Å². The summed E-state index contributed by atoms with van der Waals surface area (Å²) in [5.74, 6) is -0.354. The lowest BCUT2D eigenvalue weighted by Gasteiger charge is -2.39. The number of thioether (sulfide) groups is 1. The number of carbonyl (C=O) groups excluding carboxylic acids is 1. The third-order valence-corrected chi connectivity index (χ3v) is 5.62. The summed E-state index contributed by atoms with van der Waals surface area (Å²) in [6.07, 6.45) is 3.64. The number of hydrogen-bond donors (Lipinski definition) is 2. The smallest absolute Gasteiger partial charge is 0.327 e. The molecule has 1 amide bonds. The molecule has 0 aromatic rings. The van der Waals surface area contributed by atoms with Crippen molar-refractivity contribution in [1.82, 2.24) is 10.2 Å². The molecule has 0 aliphatic carbocycles. The highest BCUT2D eigenvalue weighted by molar-refractivity contribution is 8.00. The van der Waals surface area contributed by atoms with Crippen LogP contribution in [0.5, 0.6) is 0 Å². The van der Waals surface area contributed by atoms with Crippen LogP contribution in [0.25, 0.3) is 0 Å². The summed E-state index contributed by atoms with van der Waals surface area (Å²) < 4.78 is 0. The molecule has 0 bridgehead atoms. The Hall–Kier alpha value is -0.750. The first-order valence-corrected chi connectivity index (χ1v) is 8.42. The molecule has 5 nitrogen and oxygen atoms in total. The van der Waals surface area contributed by atoms with E-state index < -0.39 is 17.4 Å². The Morgan fingerprint density at radius 2 is 2.25 bits per heavy atom. The van der Waals surface area contributed by atoms with Crippen LogP contribution in [0, 0.1) is 5.41 Å². The van der Waals surface area contributed by atoms with Crippen molar-refractivity contribution in [3.05, 3.63) is 0 Å². The first-order valence-electron chi connectivity index (χ1n) is 7.37. The van der Waals surface area contributed by atoms with Gasteiger partial charge in [-0.05, 0) is 32.7 Å². The van der Waals surface area contributed by atoms with E-state index in [1.807, 2.05) is 6.92 Å². The molecule has 2 fully saturated rings. The third-order valence-electron chi connectivity index (χ3n) is 4.26. The third kappa shape index (κ3) is 2.96. The van der Waals surface area contributed by atoms with Crippen molar-refractivity contribution in [3.8, 4) is 0 Å². The molecule has 2 saturated heterocycles. The van der Waals surface area contributed by atoms with Crippen LogP contribution >= 0.6 is 11.8 Å². The molecule has 0 spiro atoms. The molecule has 0 radical (unpaired) electrons. The summed E-state index contributed by atoms with van der Waals surface area (Å²) in [4.78, 5) is 26.0. The monoisotopic (exact) mass is 300 g/mol. The Kier molecular flexibility index (Phi) is 4.96. The van der Waals surface area contributed by atoms with E-state index in [1.165, 1.54) is 0 Å². The van der Waals surface area contributed by atoms with Gasteiger partial charge in [-0.1, -0.05) is 13.3 Å². The second-order valence-electron chi connectivity index (χ2n) is 5.98. The zero-order chi connectivity index (χ0) is 14.8. The van der Waals surface area contributed by atoms with E-state index in [9.17, 15) is 14.7 Å². The van der Waals surface area contributed by atoms with Crippen LogP contribution < -0.4 is 5.32 Å². The molecule has 2 aliphatic rings. The Morgan fingerprint density at radius 3 is 2.80 bits per heavy atom. The molecule has 0 saturated carbocycles. The number of piperidine rings is 1. The number of rotatable bonds is 4. The van der Waals surface area contributed by atoms with Crippen molar-refractivity contribution in [2.24, 2.45) is 5.41 Å². The summed E-state index contributed by atoms with van der Waals surface area (Å²) in [6, 6.07) is -0.664. The lowest BCUT2D eigenvalue weighted by atomic mass is 9.81. The van der Waals surface area contributed by atoms with Crippen molar-refractivity contribution in [2.75, 3.05) is 18.8 Å². The fourth-order valence-electron chi connectivity index (χ4n) is 3.05. The summed E-state index contributed by atoms with van der Waals surface area (Å²) >= 11 is 1.61. The molecule has 20 heavy (non-hydrogen) atoms. The van der Waals surface area contributed by atoms with Gasteiger partial charge in [-0.2, -0.15) is 0 Å². The van der Waals surface area contributed by atoms with Gasteiger partial charge in [0.05, 0.1) is 10.8 Å². The van der Waals surface area contributed by atoms with Gasteiger partial charge < -0.3 is 15.3 Å². The fraction of sp³-hybridized carbons (Fsp3) is 0.857. The van der Waals surface area contributed by atoms with Gasteiger partial charge in [0.1, 0.15) is 6.04 Å². The minimum absolute atomic E-state index is 0.0144. The van der Waals surface area contributed by atoms with Gasteiger partial charge >= 0.3 is 5.97 Å². The first-order chi connectivity index (χ1) is 9.49. The van der Waals surface area contributed by atoms with Crippen molar-refractivity contribution in [1.29, 1.82) is 0 Å². The zero-order valence-electron chi connectivity index (χ0n) is 12.2. The maximum Gasteiger partial charge on any atom is 0.327 e. The number of carboxylic acid groups (broad SMARTS) is 1. The van der Waals surface area contributed by atoms with E-state index in [0.29, 0.717) is 12.3 Å². The molecule has 3 unspecified atom stereocenters. The van der Waals surface area contributed by atoms with Gasteiger partial charge in [-0.15, -0.1) is 11.8 Å². The fourth-order valence-corrected chi connectivity index (χ4v) is 4.56. The SMILES string of the molecule is CCCC1SCC(C(=O)O)N1C(=O)C1(C)CCCNC1. The highest BCUT2D eigenvalue weighted by Gasteiger charge is 2.47. The van der Waals surface area contributed by atoms with Crippen LogP contribution in [0.3, 0.4) is 0 Å². The van der Waals surface area contributed by atoms with Crippen LogP contribution in [-0.2, 0) is 9.59 Å². The number of nitrogens with zero attached hydrogens (tertiary/aromatic N) is 1. The van der Waals surface area contributed by atoms with Crippen LogP contribution in [0.15, 0.2) is 0 Å². The molecular formula is C14H24N2O3S. The molecule has 3 atom stereocenters. The molecule has 2 rings (SSSR count). The Labute approximate surface area is 124 Å². The van der Waals surface area contributed by atoms with E-state index in [1.54, 1.807) is 16.7 Å². The molecule has 0 aromatic carbocycles. The number of carbonyl (C=O) groups is 2. The minimum Gasteiger partial charge on any atom is -0.480 e. The molecular weight excluding hydrogens is 276 g/mol. The highest BCUT2D eigenvalue weighted by Crippen LogP contribution is 2.38. The average Bonchev–Trinajstić information content (AvgIpc) is 2.83. The van der Waals surface area contributed by atoms with Gasteiger partial charge in [0.2, 0.25) is 5.91 Å². The first kappa shape index (κ1) is 15.6. The van der Waals surface area contributed by atoms with Gasteiger partial charge in [-0.3, -0.25) is 4.79 Å². The summed E-state index contributed by atoms with van der Waals surface area (Å²) in [5, 5.41) is 12.7. The van der Waals surface area contributed by atoms with Crippen molar-refractivity contribution in [2.45, 2.75) is 50.9 Å². The second kappa shape index (κ2) is 6.35. The van der Waals surface area contributed by atoms with Crippen molar-refractivity contribution >= 4 is 23.6 Å². The maximum atomic E-state index is 12.9. The number of aliphatic carboxylic acids is 1. The summed E-state index contributed by atoms with van der Waals surface area (Å²) in [5.41, 5.74) is -0.456. The topological polar surface area (TPSA) is 69.6 Å². The molecule has 2 N–H and O–H groups in total. The number of nitrogens with one attached hydrogen (secondary N) is 1. The number of amides is 1. The molecule has 2 aliphatic heterocycles. The summed E-state index contributed by atoms with van der Waals surface area (Å²) in [7, 11) is 0. The minimum atomic E-state index is -0.878. The second-order valence-corrected chi connectivity index (χ2v) is 7.19. The Morgan fingerprint density at radius 1 is 1.50 bits per heavy atom. The van der Waals surface area contributed by atoms with Crippen LogP contribution in [0.1, 0.15) is 39.5 Å². The van der Waals surface area contributed by atoms with Crippen molar-refractivity contribution in [3.63, 3.8) is 0 Å². The van der Waals surface area contributed by atoms with E-state index in [2.05, 4.69) is 12.2 Å². The molecule has 6 heteroatoms. The quantitative estimate of drug-likeness (QED) is 0.824. The van der Waals surface area contributed by atoms with Crippen LogP contribution in [-0.4, -0.2) is 52.1 Å². The van der Waals surface area contributed by atoms with E-state index in [-0.39, 0.29) is 11.3 Å². The van der Waals surface area contributed by atoms with Crippen LogP contribution in [0.2, 0.25) is 0 Å². The van der Waals surface area contributed by atoms with Gasteiger partial charge in [0.25, 0.3) is 0 Å². The largest absolute Gasteiger partial charge is 0.480 e. The van der Waals surface area contributed by atoms with Crippen molar-refractivity contribution < 1.29 is 14.7 Å².